The highest BCUT2D eigenvalue weighted by Crippen LogP contribution is 2.30. The molecule has 0 bridgehead atoms. The van der Waals surface area contributed by atoms with Crippen molar-refractivity contribution in [1.82, 2.24) is 5.32 Å². The number of ether oxygens (including phenoxy) is 4. The first-order chi connectivity index (χ1) is 42.1. The zero-order valence-corrected chi connectivity index (χ0v) is 54.8. The molecule has 0 aromatic heterocycles. The number of nitrogens with one attached hydrogen (secondary N) is 1. The van der Waals surface area contributed by atoms with Gasteiger partial charge in [-0.25, -0.2) is 0 Å². The lowest BCUT2D eigenvalue weighted by molar-refractivity contribution is -0.359. The number of hydrogen-bond acceptors (Lipinski definition) is 13. The monoisotopic (exact) mass is 1220 g/mol. The molecule has 2 heterocycles. The fraction of sp³-hybridized carbons (Fsp3) is 0.875. The second kappa shape index (κ2) is 56.9. The zero-order chi connectivity index (χ0) is 62.3. The molecule has 14 nitrogen and oxygen atoms in total. The highest BCUT2D eigenvalue weighted by Gasteiger charge is 2.51. The van der Waals surface area contributed by atoms with Gasteiger partial charge in [-0.05, 0) is 51.4 Å². The molecule has 86 heavy (non-hydrogen) atoms. The summed E-state index contributed by atoms with van der Waals surface area (Å²) in [7, 11) is 0. The van der Waals surface area contributed by atoms with E-state index in [1.54, 1.807) is 0 Å². The van der Waals surface area contributed by atoms with Gasteiger partial charge in [-0.15, -0.1) is 0 Å². The molecule has 504 valence electrons. The molecular weight excluding hydrogens is 1090 g/mol. The molecule has 0 radical (unpaired) electrons. The summed E-state index contributed by atoms with van der Waals surface area (Å²) in [6.07, 6.45) is 57.0. The Hall–Kier alpha value is -2.05. The lowest BCUT2D eigenvalue weighted by Gasteiger charge is -2.46. The minimum absolute atomic E-state index is 0.201. The van der Waals surface area contributed by atoms with Gasteiger partial charge in [-0.1, -0.05) is 300 Å². The number of allylic oxidation sites excluding steroid dienone is 8. The Kier molecular flexibility index (Phi) is 53.0. The predicted octanol–water partition coefficient (Wildman–Crippen LogP) is 14.7. The second-order valence-electron chi connectivity index (χ2n) is 25.3. The molecule has 2 fully saturated rings. The van der Waals surface area contributed by atoms with Crippen LogP contribution in [0.3, 0.4) is 0 Å². The highest BCUT2D eigenvalue weighted by atomic mass is 16.7. The molecule has 0 aliphatic carbocycles. The maximum atomic E-state index is 13.4. The van der Waals surface area contributed by atoms with Crippen LogP contribution < -0.4 is 5.32 Å². The summed E-state index contributed by atoms with van der Waals surface area (Å²) in [5.74, 6) is -0.201. The number of carbonyl (C=O) groups excluding carboxylic acids is 1. The van der Waals surface area contributed by atoms with E-state index in [2.05, 4.69) is 67.8 Å². The third-order valence-corrected chi connectivity index (χ3v) is 17.6. The Morgan fingerprint density at radius 2 is 0.802 bits per heavy atom. The van der Waals surface area contributed by atoms with Crippen molar-refractivity contribution in [2.75, 3.05) is 19.8 Å². The van der Waals surface area contributed by atoms with Gasteiger partial charge in [0.25, 0.3) is 0 Å². The Labute approximate surface area is 524 Å². The average Bonchev–Trinajstić information content (AvgIpc) is 2.63. The van der Waals surface area contributed by atoms with Gasteiger partial charge in [0, 0.05) is 6.42 Å². The molecule has 0 saturated carbocycles. The van der Waals surface area contributed by atoms with Crippen LogP contribution in [-0.2, 0) is 23.7 Å². The van der Waals surface area contributed by atoms with E-state index in [4.69, 9.17) is 18.9 Å². The summed E-state index contributed by atoms with van der Waals surface area (Å²) >= 11 is 0. The number of unbranched alkanes of at least 4 members (excludes halogenated alkanes) is 38. The van der Waals surface area contributed by atoms with Crippen LogP contribution in [0.25, 0.3) is 0 Å². The smallest absolute Gasteiger partial charge is 0.220 e. The van der Waals surface area contributed by atoms with Crippen molar-refractivity contribution in [1.29, 1.82) is 0 Å². The topological polar surface area (TPSA) is 228 Å². The van der Waals surface area contributed by atoms with E-state index < -0.39 is 86.8 Å². The summed E-state index contributed by atoms with van der Waals surface area (Å²) < 4.78 is 22.9. The molecule has 0 aromatic rings. The molecule has 2 aliphatic rings. The van der Waals surface area contributed by atoms with Crippen molar-refractivity contribution in [2.45, 2.75) is 383 Å². The fourth-order valence-electron chi connectivity index (χ4n) is 11.9. The number of aliphatic hydroxyl groups excluding tert-OH is 8. The Bertz CT molecular complexity index is 1630. The number of carbonyl (C=O) groups is 1. The maximum Gasteiger partial charge on any atom is 0.220 e. The molecule has 1 amide bonds. The van der Waals surface area contributed by atoms with Crippen molar-refractivity contribution in [3.63, 3.8) is 0 Å². The first-order valence-corrected chi connectivity index (χ1v) is 35.9. The summed E-state index contributed by atoms with van der Waals surface area (Å²) in [6.45, 7) is 2.79. The first-order valence-electron chi connectivity index (χ1n) is 35.9. The summed E-state index contributed by atoms with van der Waals surface area (Å²) in [4.78, 5) is 13.4. The molecular formula is C72H133NO13. The van der Waals surface area contributed by atoms with E-state index >= 15 is 0 Å². The average molecular weight is 1220 g/mol. The quantitative estimate of drug-likeness (QED) is 0.0204. The van der Waals surface area contributed by atoms with E-state index in [1.807, 2.05) is 0 Å². The molecule has 12 atom stereocenters. The Balaban J connectivity index is 1.62. The molecule has 2 saturated heterocycles. The van der Waals surface area contributed by atoms with Crippen molar-refractivity contribution in [2.24, 2.45) is 0 Å². The van der Waals surface area contributed by atoms with Crippen molar-refractivity contribution < 1.29 is 64.6 Å². The molecule has 12 unspecified atom stereocenters. The number of rotatable bonds is 59. The molecule has 2 aliphatic heterocycles. The lowest BCUT2D eigenvalue weighted by Crippen LogP contribution is -2.65. The second-order valence-corrected chi connectivity index (χ2v) is 25.3. The molecule has 9 N–H and O–H groups in total. The van der Waals surface area contributed by atoms with Crippen LogP contribution in [0, 0.1) is 0 Å². The zero-order valence-electron chi connectivity index (χ0n) is 54.8. The molecule has 0 spiro atoms. The Morgan fingerprint density at radius 1 is 0.430 bits per heavy atom. The van der Waals surface area contributed by atoms with Crippen LogP contribution in [0.5, 0.6) is 0 Å². The van der Waals surface area contributed by atoms with Crippen LogP contribution in [0.2, 0.25) is 0 Å². The largest absolute Gasteiger partial charge is 0.394 e. The van der Waals surface area contributed by atoms with Crippen LogP contribution in [0.15, 0.2) is 48.6 Å². The van der Waals surface area contributed by atoms with Gasteiger partial charge in [-0.3, -0.25) is 4.79 Å². The third-order valence-electron chi connectivity index (χ3n) is 17.6. The predicted molar refractivity (Wildman–Crippen MR) is 351 cm³/mol. The van der Waals surface area contributed by atoms with Crippen molar-refractivity contribution >= 4 is 5.91 Å². The summed E-state index contributed by atoms with van der Waals surface area (Å²) in [5, 5.41) is 87.6. The standard InChI is InChI=1S/C72H133NO13/c1-3-5-7-9-11-13-15-17-19-21-23-24-25-26-27-28-29-30-31-32-33-34-35-36-38-40-42-44-46-48-50-52-54-56-64(77)73-60(61(76)55-53-51-49-47-45-43-41-39-37-22-20-18-16-14-12-10-8-6-4-2)59-83-71-69(82)67(80)70(63(58-75)85-71)86-72-68(81)66(79)65(78)62(57-74)84-72/h5,7,11,13,17,19,23-24,60-63,65-72,74-76,78-82H,3-4,6,8-10,12,14-16,18,20-22,25-59H2,1-2H3,(H,73,77)/b7-5-,13-11-,19-17-,24-23-. The molecule has 2 rings (SSSR count). The van der Waals surface area contributed by atoms with Crippen molar-refractivity contribution in [3.05, 3.63) is 48.6 Å². The maximum absolute atomic E-state index is 13.4. The van der Waals surface area contributed by atoms with Crippen LogP contribution in [0.1, 0.15) is 309 Å². The molecule has 0 aromatic carbocycles. The van der Waals surface area contributed by atoms with E-state index in [9.17, 15) is 45.6 Å². The Morgan fingerprint density at radius 3 is 1.23 bits per heavy atom. The number of hydrogen-bond donors (Lipinski definition) is 9. The summed E-state index contributed by atoms with van der Waals surface area (Å²) in [5.41, 5.74) is 0. The van der Waals surface area contributed by atoms with Crippen LogP contribution >= 0.6 is 0 Å². The SMILES string of the molecule is CC/C=C\C/C=C\C/C=C\C/C=C\CCCCCCCCCCCCCCCCCCCCCCC(=O)NC(COC1OC(CO)C(OC2OC(CO)C(O)C(O)C2O)C(O)C1O)C(O)CCCCCCCCCCCCCCCCCCCCC. The third kappa shape index (κ3) is 40.6. The van der Waals surface area contributed by atoms with Crippen molar-refractivity contribution in [3.8, 4) is 0 Å². The van der Waals surface area contributed by atoms with Gasteiger partial charge in [0.2, 0.25) is 5.91 Å². The highest BCUT2D eigenvalue weighted by molar-refractivity contribution is 5.76. The lowest BCUT2D eigenvalue weighted by atomic mass is 9.97. The van der Waals surface area contributed by atoms with Gasteiger partial charge in [0.05, 0.1) is 32.0 Å². The van der Waals surface area contributed by atoms with Gasteiger partial charge in [0.15, 0.2) is 12.6 Å². The minimum atomic E-state index is -1.78. The number of amides is 1. The first kappa shape index (κ1) is 80.0. The van der Waals surface area contributed by atoms with Crippen LogP contribution in [0.4, 0.5) is 0 Å². The van der Waals surface area contributed by atoms with Gasteiger partial charge < -0.3 is 65.1 Å². The van der Waals surface area contributed by atoms with Gasteiger partial charge >= 0.3 is 0 Å². The minimum Gasteiger partial charge on any atom is -0.394 e. The van der Waals surface area contributed by atoms with E-state index in [-0.39, 0.29) is 12.5 Å². The van der Waals surface area contributed by atoms with E-state index in [0.29, 0.717) is 12.8 Å². The van der Waals surface area contributed by atoms with E-state index in [0.717, 1.165) is 77.0 Å². The van der Waals surface area contributed by atoms with Gasteiger partial charge in [0.1, 0.15) is 48.8 Å². The van der Waals surface area contributed by atoms with E-state index in [1.165, 1.54) is 205 Å². The fourth-order valence-corrected chi connectivity index (χ4v) is 11.9. The number of aliphatic hydroxyl groups is 8. The molecule has 14 heteroatoms. The van der Waals surface area contributed by atoms with Gasteiger partial charge in [-0.2, -0.15) is 0 Å². The normalized spacial score (nSPS) is 23.7. The summed E-state index contributed by atoms with van der Waals surface area (Å²) in [6, 6.07) is -0.829. The van der Waals surface area contributed by atoms with Crippen LogP contribution in [-0.4, -0.2) is 140 Å².